The molecule has 0 radical (unpaired) electrons. The lowest BCUT2D eigenvalue weighted by Crippen LogP contribution is -2.34. The zero-order valence-corrected chi connectivity index (χ0v) is 17.1. The molecule has 1 amide bonds. The summed E-state index contributed by atoms with van der Waals surface area (Å²) >= 11 is 14.6. The van der Waals surface area contributed by atoms with Crippen molar-refractivity contribution in [2.45, 2.75) is 26.2 Å². The molecule has 0 saturated carbocycles. The fourth-order valence-corrected chi connectivity index (χ4v) is 2.98. The monoisotopic (exact) mass is 440 g/mol. The van der Waals surface area contributed by atoms with Crippen molar-refractivity contribution in [1.82, 2.24) is 5.32 Å². The Labute approximate surface area is 165 Å². The standard InChI is InChI=1S/C18H18BrClN2O2S/c1-18(2,3)10-8-13(20)15(23)14(9-10)21-17(25)22-16(24)11-6-4-5-7-12(11)19/h4-9,23H,1-3H3,(H2,21,22,24,25). The smallest absolute Gasteiger partial charge is 0.258 e. The molecule has 0 bridgehead atoms. The molecule has 0 heterocycles. The third kappa shape index (κ3) is 4.93. The highest BCUT2D eigenvalue weighted by Gasteiger charge is 2.19. The minimum atomic E-state index is -0.359. The maximum Gasteiger partial charge on any atom is 0.258 e. The van der Waals surface area contributed by atoms with Crippen molar-refractivity contribution in [3.8, 4) is 5.75 Å². The van der Waals surface area contributed by atoms with E-state index in [9.17, 15) is 9.90 Å². The molecule has 2 aromatic carbocycles. The van der Waals surface area contributed by atoms with Crippen LogP contribution in [-0.4, -0.2) is 16.1 Å². The number of phenols is 1. The van der Waals surface area contributed by atoms with Crippen LogP contribution in [0.5, 0.6) is 5.75 Å². The van der Waals surface area contributed by atoms with Crippen LogP contribution in [-0.2, 0) is 5.41 Å². The highest BCUT2D eigenvalue weighted by molar-refractivity contribution is 9.10. The van der Waals surface area contributed by atoms with E-state index in [-0.39, 0.29) is 27.2 Å². The largest absolute Gasteiger partial charge is 0.504 e. The summed E-state index contributed by atoms with van der Waals surface area (Å²) in [5, 5.41) is 15.9. The van der Waals surface area contributed by atoms with Gasteiger partial charge in [-0.15, -0.1) is 0 Å². The Morgan fingerprint density at radius 2 is 1.88 bits per heavy atom. The first-order valence-corrected chi connectivity index (χ1v) is 9.07. The SMILES string of the molecule is CC(C)(C)c1cc(Cl)c(O)c(NC(=S)NC(=O)c2ccccc2Br)c1. The lowest BCUT2D eigenvalue weighted by molar-refractivity contribution is 0.0977. The normalized spacial score (nSPS) is 11.1. The van der Waals surface area contributed by atoms with Crippen LogP contribution in [0.15, 0.2) is 40.9 Å². The molecule has 4 nitrogen and oxygen atoms in total. The maximum atomic E-state index is 12.3. The Balaban J connectivity index is 2.19. The number of carbonyl (C=O) groups excluding carboxylic acids is 1. The number of phenolic OH excluding ortho intramolecular Hbond substituents is 1. The van der Waals surface area contributed by atoms with Crippen LogP contribution in [0, 0.1) is 0 Å². The van der Waals surface area contributed by atoms with Crippen LogP contribution >= 0.6 is 39.7 Å². The first-order valence-electron chi connectivity index (χ1n) is 7.49. The summed E-state index contributed by atoms with van der Waals surface area (Å²) in [6.07, 6.45) is 0. The van der Waals surface area contributed by atoms with Gasteiger partial charge in [-0.05, 0) is 63.4 Å². The number of amides is 1. The fourth-order valence-electron chi connectivity index (χ4n) is 2.10. The molecule has 0 saturated heterocycles. The summed E-state index contributed by atoms with van der Waals surface area (Å²) in [6.45, 7) is 6.10. The van der Waals surface area contributed by atoms with E-state index in [1.54, 1.807) is 30.3 Å². The Bertz CT molecular complexity index is 834. The lowest BCUT2D eigenvalue weighted by atomic mass is 9.87. The second-order valence-electron chi connectivity index (χ2n) is 6.49. The van der Waals surface area contributed by atoms with Crippen molar-refractivity contribution in [3.05, 3.63) is 57.0 Å². The minimum Gasteiger partial charge on any atom is -0.504 e. The first-order chi connectivity index (χ1) is 11.6. The third-order valence-electron chi connectivity index (χ3n) is 3.52. The molecule has 0 atom stereocenters. The molecule has 2 rings (SSSR count). The molecule has 3 N–H and O–H groups in total. The average molecular weight is 442 g/mol. The molecule has 0 aliphatic heterocycles. The number of benzene rings is 2. The van der Waals surface area contributed by atoms with Crippen LogP contribution in [0.25, 0.3) is 0 Å². The van der Waals surface area contributed by atoms with Gasteiger partial charge in [0.05, 0.1) is 16.3 Å². The van der Waals surface area contributed by atoms with Crippen molar-refractivity contribution in [3.63, 3.8) is 0 Å². The van der Waals surface area contributed by atoms with Crippen molar-refractivity contribution in [1.29, 1.82) is 0 Å². The zero-order valence-electron chi connectivity index (χ0n) is 14.0. The quantitative estimate of drug-likeness (QED) is 0.441. The van der Waals surface area contributed by atoms with E-state index >= 15 is 0 Å². The first kappa shape index (κ1) is 19.7. The van der Waals surface area contributed by atoms with E-state index in [1.807, 2.05) is 26.8 Å². The molecule has 0 fully saturated rings. The molecule has 0 spiro atoms. The van der Waals surface area contributed by atoms with Crippen LogP contribution < -0.4 is 10.6 Å². The Kier molecular flexibility index (Phi) is 6.08. The number of carbonyl (C=O) groups is 1. The van der Waals surface area contributed by atoms with E-state index in [1.165, 1.54) is 0 Å². The van der Waals surface area contributed by atoms with Gasteiger partial charge in [0.25, 0.3) is 5.91 Å². The van der Waals surface area contributed by atoms with E-state index < -0.39 is 0 Å². The van der Waals surface area contributed by atoms with Gasteiger partial charge >= 0.3 is 0 Å². The molecular weight excluding hydrogens is 424 g/mol. The third-order valence-corrected chi connectivity index (χ3v) is 4.71. The molecule has 0 aliphatic carbocycles. The molecule has 0 aliphatic rings. The number of hydrogen-bond donors (Lipinski definition) is 3. The van der Waals surface area contributed by atoms with Gasteiger partial charge in [-0.2, -0.15) is 0 Å². The van der Waals surface area contributed by atoms with E-state index in [2.05, 4.69) is 26.6 Å². The number of halogens is 2. The van der Waals surface area contributed by atoms with Crippen molar-refractivity contribution in [2.24, 2.45) is 0 Å². The summed E-state index contributed by atoms with van der Waals surface area (Å²) in [4.78, 5) is 12.3. The predicted octanol–water partition coefficient (Wildman–Crippen LogP) is 5.23. The van der Waals surface area contributed by atoms with Gasteiger partial charge in [0.2, 0.25) is 0 Å². The summed E-state index contributed by atoms with van der Waals surface area (Å²) in [7, 11) is 0. The number of nitrogens with one attached hydrogen (secondary N) is 2. The summed E-state index contributed by atoms with van der Waals surface area (Å²) in [6, 6.07) is 10.5. The van der Waals surface area contributed by atoms with E-state index in [0.717, 1.165) is 5.56 Å². The van der Waals surface area contributed by atoms with Gasteiger partial charge < -0.3 is 10.4 Å². The van der Waals surface area contributed by atoms with Gasteiger partial charge in [-0.25, -0.2) is 0 Å². The molecule has 0 unspecified atom stereocenters. The Hall–Kier alpha value is -1.63. The second-order valence-corrected chi connectivity index (χ2v) is 8.16. The Morgan fingerprint density at radius 3 is 2.48 bits per heavy atom. The summed E-state index contributed by atoms with van der Waals surface area (Å²) < 4.78 is 0.663. The van der Waals surface area contributed by atoms with Crippen LogP contribution in [0.3, 0.4) is 0 Å². The molecule has 25 heavy (non-hydrogen) atoms. The molecule has 2 aromatic rings. The number of aromatic hydroxyl groups is 1. The minimum absolute atomic E-state index is 0.0678. The molecule has 7 heteroatoms. The predicted molar refractivity (Wildman–Crippen MR) is 110 cm³/mol. The topological polar surface area (TPSA) is 61.4 Å². The maximum absolute atomic E-state index is 12.3. The Morgan fingerprint density at radius 1 is 1.24 bits per heavy atom. The fraction of sp³-hybridized carbons (Fsp3) is 0.222. The lowest BCUT2D eigenvalue weighted by Gasteiger charge is -2.21. The van der Waals surface area contributed by atoms with Gasteiger partial charge in [0.1, 0.15) is 0 Å². The summed E-state index contributed by atoms with van der Waals surface area (Å²) in [5.41, 5.74) is 1.57. The van der Waals surface area contributed by atoms with E-state index in [4.69, 9.17) is 23.8 Å². The van der Waals surface area contributed by atoms with Crippen molar-refractivity contribution < 1.29 is 9.90 Å². The zero-order chi connectivity index (χ0) is 18.8. The number of rotatable bonds is 2. The number of hydrogen-bond acceptors (Lipinski definition) is 3. The average Bonchev–Trinajstić information content (AvgIpc) is 2.50. The highest BCUT2D eigenvalue weighted by Crippen LogP contribution is 2.37. The van der Waals surface area contributed by atoms with Crippen molar-refractivity contribution in [2.75, 3.05) is 5.32 Å². The summed E-state index contributed by atoms with van der Waals surface area (Å²) in [5.74, 6) is -0.477. The van der Waals surface area contributed by atoms with Crippen LogP contribution in [0.4, 0.5) is 5.69 Å². The molecule has 132 valence electrons. The van der Waals surface area contributed by atoms with Gasteiger partial charge in [-0.3, -0.25) is 10.1 Å². The second kappa shape index (κ2) is 7.72. The van der Waals surface area contributed by atoms with Crippen molar-refractivity contribution >= 4 is 56.5 Å². The van der Waals surface area contributed by atoms with Gasteiger partial charge in [0, 0.05) is 4.47 Å². The highest BCUT2D eigenvalue weighted by atomic mass is 79.9. The number of thiocarbonyl (C=S) groups is 1. The number of anilines is 1. The molecule has 0 aromatic heterocycles. The molecular formula is C18H18BrClN2O2S. The van der Waals surface area contributed by atoms with Crippen LogP contribution in [0.2, 0.25) is 5.02 Å². The van der Waals surface area contributed by atoms with Gasteiger partial charge in [-0.1, -0.05) is 44.5 Å². The van der Waals surface area contributed by atoms with Crippen LogP contribution in [0.1, 0.15) is 36.7 Å². The van der Waals surface area contributed by atoms with E-state index in [0.29, 0.717) is 15.7 Å². The van der Waals surface area contributed by atoms with Gasteiger partial charge in [0.15, 0.2) is 10.9 Å².